The second kappa shape index (κ2) is 6.65. The van der Waals surface area contributed by atoms with Gasteiger partial charge in [-0.2, -0.15) is 0 Å². The van der Waals surface area contributed by atoms with Crippen LogP contribution in [-0.2, 0) is 4.79 Å². The Labute approximate surface area is 127 Å². The van der Waals surface area contributed by atoms with Crippen molar-refractivity contribution in [3.8, 4) is 0 Å². The van der Waals surface area contributed by atoms with E-state index in [1.807, 2.05) is 36.0 Å². The van der Waals surface area contributed by atoms with E-state index in [1.54, 1.807) is 0 Å². The van der Waals surface area contributed by atoms with Crippen LogP contribution in [0.5, 0.6) is 0 Å². The monoisotopic (exact) mass is 289 g/mol. The fraction of sp³-hybridized carbons (Fsp3) is 0.706. The number of aromatic nitrogens is 1. The number of hydrogen-bond donors (Lipinski definition) is 1. The molecule has 2 fully saturated rings. The maximum absolute atomic E-state index is 12.3. The Morgan fingerprint density at radius 3 is 2.76 bits per heavy atom. The summed E-state index contributed by atoms with van der Waals surface area (Å²) in [6, 6.07) is 4.51. The highest BCUT2D eigenvalue weighted by Crippen LogP contribution is 2.30. The van der Waals surface area contributed by atoms with Crippen molar-refractivity contribution in [2.45, 2.75) is 51.1 Å². The molecule has 0 spiro atoms. The number of fused-ring (bicyclic) bond motifs is 1. The predicted octanol–water partition coefficient (Wildman–Crippen LogP) is 2.43. The number of carbonyl (C=O) groups is 1. The minimum absolute atomic E-state index is 0.119. The van der Waals surface area contributed by atoms with Crippen LogP contribution in [0.15, 0.2) is 24.5 Å². The van der Waals surface area contributed by atoms with Crippen molar-refractivity contribution in [2.24, 2.45) is 5.92 Å². The van der Waals surface area contributed by atoms with Crippen LogP contribution in [0.1, 0.15) is 45.1 Å². The highest BCUT2D eigenvalue weighted by Gasteiger charge is 2.33. The van der Waals surface area contributed by atoms with E-state index >= 15 is 0 Å². The van der Waals surface area contributed by atoms with Gasteiger partial charge in [0.2, 0.25) is 5.91 Å². The zero-order chi connectivity index (χ0) is 14.7. The molecule has 0 bridgehead atoms. The van der Waals surface area contributed by atoms with Gasteiger partial charge in [0, 0.05) is 25.0 Å². The first-order valence-electron chi connectivity index (χ1n) is 8.40. The van der Waals surface area contributed by atoms with Crippen molar-refractivity contribution in [3.63, 3.8) is 0 Å². The zero-order valence-electron chi connectivity index (χ0n) is 13.0. The summed E-state index contributed by atoms with van der Waals surface area (Å²) in [4.78, 5) is 15.0. The zero-order valence-corrected chi connectivity index (χ0v) is 13.0. The molecule has 0 unspecified atom stereocenters. The molecule has 3 rings (SSSR count). The van der Waals surface area contributed by atoms with Crippen molar-refractivity contribution >= 4 is 5.91 Å². The molecule has 2 aliphatic rings. The molecule has 4 heteroatoms. The molecule has 0 aromatic carbocycles. The first-order valence-corrected chi connectivity index (χ1v) is 8.40. The van der Waals surface area contributed by atoms with Crippen molar-refractivity contribution in [1.82, 2.24) is 14.8 Å². The maximum Gasteiger partial charge on any atom is 0.242 e. The molecule has 21 heavy (non-hydrogen) atoms. The fourth-order valence-electron chi connectivity index (χ4n) is 3.94. The third kappa shape index (κ3) is 3.31. The Balaban J connectivity index is 1.53. The van der Waals surface area contributed by atoms with E-state index in [0.717, 1.165) is 6.54 Å². The molecule has 1 amide bonds. The minimum Gasteiger partial charge on any atom is -0.354 e. The highest BCUT2D eigenvalue weighted by atomic mass is 16.2. The SMILES string of the molecule is C[C@@H](C(=O)NC[C@H]1CCCN2CCCC[C@@H]12)n1cccc1. The van der Waals surface area contributed by atoms with Gasteiger partial charge in [0.15, 0.2) is 0 Å². The van der Waals surface area contributed by atoms with Gasteiger partial charge in [-0.3, -0.25) is 4.79 Å². The van der Waals surface area contributed by atoms with E-state index in [9.17, 15) is 4.79 Å². The molecule has 0 saturated carbocycles. The van der Waals surface area contributed by atoms with Gasteiger partial charge >= 0.3 is 0 Å². The summed E-state index contributed by atoms with van der Waals surface area (Å²) in [6.45, 7) is 5.32. The third-order valence-electron chi connectivity index (χ3n) is 5.22. The Hall–Kier alpha value is -1.29. The van der Waals surface area contributed by atoms with Crippen LogP contribution in [-0.4, -0.2) is 41.1 Å². The van der Waals surface area contributed by atoms with E-state index in [1.165, 1.54) is 45.2 Å². The summed E-state index contributed by atoms with van der Waals surface area (Å²) < 4.78 is 1.96. The van der Waals surface area contributed by atoms with E-state index in [-0.39, 0.29) is 11.9 Å². The molecule has 1 aromatic heterocycles. The van der Waals surface area contributed by atoms with Gasteiger partial charge in [0.1, 0.15) is 6.04 Å². The van der Waals surface area contributed by atoms with Crippen molar-refractivity contribution in [2.75, 3.05) is 19.6 Å². The second-order valence-electron chi connectivity index (χ2n) is 6.55. The van der Waals surface area contributed by atoms with Crippen LogP contribution in [0.2, 0.25) is 0 Å². The number of amides is 1. The van der Waals surface area contributed by atoms with E-state index < -0.39 is 0 Å². The third-order valence-corrected chi connectivity index (χ3v) is 5.22. The Morgan fingerprint density at radius 2 is 1.95 bits per heavy atom. The molecule has 1 N–H and O–H groups in total. The Bertz CT molecular complexity index is 455. The highest BCUT2D eigenvalue weighted by molar-refractivity contribution is 5.79. The van der Waals surface area contributed by atoms with Gasteiger partial charge in [0.25, 0.3) is 0 Å². The summed E-state index contributed by atoms with van der Waals surface area (Å²) in [6.07, 6.45) is 10.5. The first kappa shape index (κ1) is 14.6. The molecule has 0 aliphatic carbocycles. The smallest absolute Gasteiger partial charge is 0.242 e. The molecular formula is C17H27N3O. The second-order valence-corrected chi connectivity index (χ2v) is 6.55. The molecular weight excluding hydrogens is 262 g/mol. The Morgan fingerprint density at radius 1 is 1.19 bits per heavy atom. The van der Waals surface area contributed by atoms with Crippen LogP contribution in [0.25, 0.3) is 0 Å². The van der Waals surface area contributed by atoms with Gasteiger partial charge in [-0.15, -0.1) is 0 Å². The molecule has 3 heterocycles. The molecule has 4 nitrogen and oxygen atoms in total. The average Bonchev–Trinajstić information content (AvgIpc) is 3.06. The largest absolute Gasteiger partial charge is 0.354 e. The lowest BCUT2D eigenvalue weighted by Gasteiger charge is -2.44. The molecule has 2 aliphatic heterocycles. The normalized spacial score (nSPS) is 27.9. The number of rotatable bonds is 4. The van der Waals surface area contributed by atoms with Gasteiger partial charge in [-0.25, -0.2) is 0 Å². The number of hydrogen-bond acceptors (Lipinski definition) is 2. The molecule has 1 aromatic rings. The summed E-state index contributed by atoms with van der Waals surface area (Å²) in [5, 5.41) is 3.19. The predicted molar refractivity (Wildman–Crippen MR) is 84.1 cm³/mol. The van der Waals surface area contributed by atoms with E-state index in [2.05, 4.69) is 10.2 Å². The number of piperidine rings is 2. The van der Waals surface area contributed by atoms with Gasteiger partial charge in [0.05, 0.1) is 0 Å². The topological polar surface area (TPSA) is 37.3 Å². The lowest BCUT2D eigenvalue weighted by molar-refractivity contribution is -0.124. The van der Waals surface area contributed by atoms with Crippen LogP contribution >= 0.6 is 0 Å². The van der Waals surface area contributed by atoms with Crippen LogP contribution in [0.3, 0.4) is 0 Å². The number of nitrogens with one attached hydrogen (secondary N) is 1. The van der Waals surface area contributed by atoms with E-state index in [4.69, 9.17) is 0 Å². The minimum atomic E-state index is -0.119. The van der Waals surface area contributed by atoms with Crippen LogP contribution in [0.4, 0.5) is 0 Å². The van der Waals surface area contributed by atoms with Crippen molar-refractivity contribution in [3.05, 3.63) is 24.5 Å². The lowest BCUT2D eigenvalue weighted by Crippen LogP contribution is -2.51. The lowest BCUT2D eigenvalue weighted by atomic mass is 9.83. The number of carbonyl (C=O) groups excluding carboxylic acids is 1. The quantitative estimate of drug-likeness (QED) is 0.924. The summed E-state index contributed by atoms with van der Waals surface area (Å²) >= 11 is 0. The molecule has 116 valence electrons. The van der Waals surface area contributed by atoms with Crippen molar-refractivity contribution < 1.29 is 4.79 Å². The summed E-state index contributed by atoms with van der Waals surface area (Å²) in [5.41, 5.74) is 0. The summed E-state index contributed by atoms with van der Waals surface area (Å²) in [5.74, 6) is 0.777. The number of nitrogens with zero attached hydrogens (tertiary/aromatic N) is 2. The van der Waals surface area contributed by atoms with Gasteiger partial charge < -0.3 is 14.8 Å². The van der Waals surface area contributed by atoms with E-state index in [0.29, 0.717) is 12.0 Å². The summed E-state index contributed by atoms with van der Waals surface area (Å²) in [7, 11) is 0. The molecule has 3 atom stereocenters. The average molecular weight is 289 g/mol. The van der Waals surface area contributed by atoms with Crippen molar-refractivity contribution in [1.29, 1.82) is 0 Å². The fourth-order valence-corrected chi connectivity index (χ4v) is 3.94. The molecule has 2 saturated heterocycles. The van der Waals surface area contributed by atoms with Crippen LogP contribution < -0.4 is 5.32 Å². The van der Waals surface area contributed by atoms with Crippen LogP contribution in [0, 0.1) is 5.92 Å². The Kier molecular flexibility index (Phi) is 4.63. The van der Waals surface area contributed by atoms with Gasteiger partial charge in [-0.1, -0.05) is 6.42 Å². The first-order chi connectivity index (χ1) is 10.3. The van der Waals surface area contributed by atoms with Gasteiger partial charge in [-0.05, 0) is 63.7 Å². The maximum atomic E-state index is 12.3. The standard InChI is InChI=1S/C17H27N3O/c1-14(19-9-4-5-10-19)17(21)18-13-15-7-6-12-20-11-3-2-8-16(15)20/h4-5,9-10,14-16H,2-3,6-8,11-13H2,1H3,(H,18,21)/t14-,15+,16-/m0/s1. The molecule has 0 radical (unpaired) electrons.